The maximum absolute atomic E-state index is 12.2. The van der Waals surface area contributed by atoms with Crippen LogP contribution in [0.15, 0.2) is 30.3 Å². The summed E-state index contributed by atoms with van der Waals surface area (Å²) in [7, 11) is 0. The number of rotatable bonds is 8. The fourth-order valence-corrected chi connectivity index (χ4v) is 2.22. The van der Waals surface area contributed by atoms with E-state index in [1.54, 1.807) is 4.90 Å². The van der Waals surface area contributed by atoms with Crippen molar-refractivity contribution >= 4 is 11.8 Å². The van der Waals surface area contributed by atoms with Gasteiger partial charge < -0.3 is 15.1 Å². The molecule has 1 aromatic carbocycles. The van der Waals surface area contributed by atoms with E-state index in [1.807, 2.05) is 37.3 Å². The topological polar surface area (TPSA) is 52.7 Å². The van der Waals surface area contributed by atoms with Crippen molar-refractivity contribution < 1.29 is 9.59 Å². The Morgan fingerprint density at radius 3 is 2.18 bits per heavy atom. The highest BCUT2D eigenvalue weighted by Gasteiger charge is 2.20. The molecule has 1 rings (SSSR count). The van der Waals surface area contributed by atoms with Crippen LogP contribution in [0, 0.1) is 0 Å². The molecule has 2 amide bonds. The lowest BCUT2D eigenvalue weighted by molar-refractivity contribution is -0.146. The van der Waals surface area contributed by atoms with Gasteiger partial charge in [-0.25, -0.2) is 0 Å². The van der Waals surface area contributed by atoms with E-state index in [9.17, 15) is 9.59 Å². The molecule has 0 fully saturated rings. The predicted octanol–water partition coefficient (Wildman–Crippen LogP) is 1.49. The lowest BCUT2D eigenvalue weighted by Gasteiger charge is -2.21. The third-order valence-corrected chi connectivity index (χ3v) is 3.69. The molecule has 0 unspecified atom stereocenters. The van der Waals surface area contributed by atoms with Gasteiger partial charge in [-0.1, -0.05) is 44.2 Å². The zero-order valence-corrected chi connectivity index (χ0v) is 13.8. The van der Waals surface area contributed by atoms with Crippen LogP contribution in [0.5, 0.6) is 0 Å². The number of nitrogens with zero attached hydrogens (tertiary/aromatic N) is 2. The van der Waals surface area contributed by atoms with Gasteiger partial charge in [0.1, 0.15) is 0 Å². The average molecular weight is 305 g/mol. The largest absolute Gasteiger partial charge is 0.347 e. The quantitative estimate of drug-likeness (QED) is 0.741. The number of nitrogens with one attached hydrogen (secondary N) is 1. The Bertz CT molecular complexity index is 458. The zero-order valence-electron chi connectivity index (χ0n) is 13.8. The molecule has 0 bridgehead atoms. The summed E-state index contributed by atoms with van der Waals surface area (Å²) in [5.74, 6) is -0.990. The molecule has 5 nitrogen and oxygen atoms in total. The molecule has 0 aliphatic carbocycles. The molecule has 122 valence electrons. The minimum absolute atomic E-state index is 0.458. The Hall–Kier alpha value is -1.88. The summed E-state index contributed by atoms with van der Waals surface area (Å²) in [4.78, 5) is 27.9. The Balaban J connectivity index is 2.47. The van der Waals surface area contributed by atoms with Crippen molar-refractivity contribution in [1.29, 1.82) is 0 Å². The zero-order chi connectivity index (χ0) is 16.4. The highest BCUT2D eigenvalue weighted by molar-refractivity contribution is 6.34. The summed E-state index contributed by atoms with van der Waals surface area (Å²) in [5, 5.41) is 2.71. The van der Waals surface area contributed by atoms with Crippen LogP contribution >= 0.6 is 0 Å². The SMILES string of the molecule is CCN(CC)CCNC(=O)C(=O)N(CC)Cc1ccccc1. The summed E-state index contributed by atoms with van der Waals surface area (Å²) in [6, 6.07) is 9.69. The van der Waals surface area contributed by atoms with Crippen LogP contribution in [0.3, 0.4) is 0 Å². The molecule has 0 aromatic heterocycles. The first-order valence-electron chi connectivity index (χ1n) is 7.95. The van der Waals surface area contributed by atoms with E-state index in [-0.39, 0.29) is 0 Å². The highest BCUT2D eigenvalue weighted by Crippen LogP contribution is 2.04. The minimum atomic E-state index is -0.523. The molecule has 0 heterocycles. The molecule has 0 saturated heterocycles. The van der Waals surface area contributed by atoms with Crippen LogP contribution in [0.1, 0.15) is 26.3 Å². The number of likely N-dealkylation sites (N-methyl/N-ethyl adjacent to an activating group) is 2. The van der Waals surface area contributed by atoms with E-state index in [1.165, 1.54) is 0 Å². The smallest absolute Gasteiger partial charge is 0.312 e. The third kappa shape index (κ3) is 5.85. The molecule has 0 aliphatic rings. The van der Waals surface area contributed by atoms with Gasteiger partial charge in [0.25, 0.3) is 0 Å². The number of carbonyl (C=O) groups excluding carboxylic acids is 2. The molecule has 5 heteroatoms. The van der Waals surface area contributed by atoms with Gasteiger partial charge in [0.15, 0.2) is 0 Å². The normalized spacial score (nSPS) is 10.5. The van der Waals surface area contributed by atoms with Gasteiger partial charge in [-0.3, -0.25) is 9.59 Å². The van der Waals surface area contributed by atoms with Crippen LogP contribution in [0.2, 0.25) is 0 Å². The van der Waals surface area contributed by atoms with E-state index < -0.39 is 11.8 Å². The second-order valence-electron chi connectivity index (χ2n) is 5.09. The Morgan fingerprint density at radius 2 is 1.64 bits per heavy atom. The summed E-state index contributed by atoms with van der Waals surface area (Å²) in [6.07, 6.45) is 0. The van der Waals surface area contributed by atoms with Gasteiger partial charge in [-0.2, -0.15) is 0 Å². The number of carbonyl (C=O) groups is 2. The van der Waals surface area contributed by atoms with Crippen LogP contribution < -0.4 is 5.32 Å². The van der Waals surface area contributed by atoms with Crippen molar-refractivity contribution in [3.05, 3.63) is 35.9 Å². The number of hydrogen-bond acceptors (Lipinski definition) is 3. The predicted molar refractivity (Wildman–Crippen MR) is 88.3 cm³/mol. The third-order valence-electron chi connectivity index (χ3n) is 3.69. The van der Waals surface area contributed by atoms with Gasteiger partial charge in [-0.05, 0) is 25.6 Å². The first kappa shape index (κ1) is 18.2. The average Bonchev–Trinajstić information content (AvgIpc) is 2.56. The number of benzene rings is 1. The lowest BCUT2D eigenvalue weighted by Crippen LogP contribution is -2.44. The van der Waals surface area contributed by atoms with E-state index in [2.05, 4.69) is 24.1 Å². The van der Waals surface area contributed by atoms with Crippen molar-refractivity contribution in [2.45, 2.75) is 27.3 Å². The van der Waals surface area contributed by atoms with E-state index in [0.717, 1.165) is 25.2 Å². The fourth-order valence-electron chi connectivity index (χ4n) is 2.22. The monoisotopic (exact) mass is 305 g/mol. The second kappa shape index (κ2) is 9.95. The Morgan fingerprint density at radius 1 is 1.00 bits per heavy atom. The van der Waals surface area contributed by atoms with Crippen molar-refractivity contribution in [2.24, 2.45) is 0 Å². The standard InChI is InChI=1S/C17H27N3O2/c1-4-19(5-2)13-12-18-16(21)17(22)20(6-3)14-15-10-8-7-9-11-15/h7-11H,4-6,12-14H2,1-3H3,(H,18,21). The Labute approximate surface area is 133 Å². The van der Waals surface area contributed by atoms with Crippen LogP contribution in [0.25, 0.3) is 0 Å². The van der Waals surface area contributed by atoms with Gasteiger partial charge >= 0.3 is 11.8 Å². The molecule has 0 aliphatic heterocycles. The second-order valence-corrected chi connectivity index (χ2v) is 5.09. The molecular formula is C17H27N3O2. The van der Waals surface area contributed by atoms with Gasteiger partial charge in [-0.15, -0.1) is 0 Å². The lowest BCUT2D eigenvalue weighted by atomic mass is 10.2. The fraction of sp³-hybridized carbons (Fsp3) is 0.529. The van der Waals surface area contributed by atoms with Gasteiger partial charge in [0, 0.05) is 26.2 Å². The molecule has 0 atom stereocenters. The van der Waals surface area contributed by atoms with E-state index in [0.29, 0.717) is 19.6 Å². The van der Waals surface area contributed by atoms with Gasteiger partial charge in [0.2, 0.25) is 0 Å². The van der Waals surface area contributed by atoms with Crippen LogP contribution in [-0.4, -0.2) is 54.3 Å². The maximum Gasteiger partial charge on any atom is 0.312 e. The van der Waals surface area contributed by atoms with Crippen molar-refractivity contribution in [3.63, 3.8) is 0 Å². The van der Waals surface area contributed by atoms with E-state index in [4.69, 9.17) is 0 Å². The summed E-state index contributed by atoms with van der Waals surface area (Å²) in [6.45, 7) is 10.1. The minimum Gasteiger partial charge on any atom is -0.347 e. The molecule has 22 heavy (non-hydrogen) atoms. The van der Waals surface area contributed by atoms with Crippen LogP contribution in [-0.2, 0) is 16.1 Å². The molecular weight excluding hydrogens is 278 g/mol. The molecule has 0 saturated carbocycles. The number of amides is 2. The first-order chi connectivity index (χ1) is 10.6. The number of hydrogen-bond donors (Lipinski definition) is 1. The first-order valence-corrected chi connectivity index (χ1v) is 7.95. The van der Waals surface area contributed by atoms with Crippen molar-refractivity contribution in [1.82, 2.24) is 15.1 Å². The van der Waals surface area contributed by atoms with Crippen molar-refractivity contribution in [2.75, 3.05) is 32.7 Å². The maximum atomic E-state index is 12.2. The van der Waals surface area contributed by atoms with Crippen LogP contribution in [0.4, 0.5) is 0 Å². The molecule has 0 radical (unpaired) electrons. The molecule has 0 spiro atoms. The Kier molecular flexibility index (Phi) is 8.22. The summed E-state index contributed by atoms with van der Waals surface area (Å²) >= 11 is 0. The summed E-state index contributed by atoms with van der Waals surface area (Å²) in [5.41, 5.74) is 1.02. The molecule has 1 N–H and O–H groups in total. The van der Waals surface area contributed by atoms with Gasteiger partial charge in [0.05, 0.1) is 0 Å². The van der Waals surface area contributed by atoms with Crippen molar-refractivity contribution in [3.8, 4) is 0 Å². The summed E-state index contributed by atoms with van der Waals surface area (Å²) < 4.78 is 0. The van der Waals surface area contributed by atoms with E-state index >= 15 is 0 Å². The molecule has 1 aromatic rings. The highest BCUT2D eigenvalue weighted by atomic mass is 16.2.